The van der Waals surface area contributed by atoms with E-state index >= 15 is 0 Å². The second-order valence-electron chi connectivity index (χ2n) is 4.28. The summed E-state index contributed by atoms with van der Waals surface area (Å²) in [5.41, 5.74) is 5.98. The highest BCUT2D eigenvalue weighted by molar-refractivity contribution is 8.00. The first kappa shape index (κ1) is 13.1. The molecule has 0 aromatic carbocycles. The van der Waals surface area contributed by atoms with Gasteiger partial charge in [0.25, 0.3) is 0 Å². The molecule has 6 nitrogen and oxygen atoms in total. The number of carboxylic acid groups (broad SMARTS) is 1. The van der Waals surface area contributed by atoms with Crippen LogP contribution in [-0.2, 0) is 19.1 Å². The maximum atomic E-state index is 11.6. The van der Waals surface area contributed by atoms with E-state index < -0.39 is 23.9 Å². The van der Waals surface area contributed by atoms with Crippen LogP contribution in [0, 0.1) is 5.92 Å². The Bertz CT molecular complexity index is 458. The van der Waals surface area contributed by atoms with Gasteiger partial charge in [-0.05, 0) is 0 Å². The molecule has 0 saturated heterocycles. The molecule has 3 N–H and O–H groups in total. The molecule has 0 radical (unpaired) electrons. The predicted octanol–water partition coefficient (Wildman–Crippen LogP) is -0.428. The summed E-state index contributed by atoms with van der Waals surface area (Å²) in [6.45, 7) is 1.25. The Hall–Kier alpha value is -1.34. The molecule has 2 rings (SSSR count). The number of nitrogens with two attached hydrogens (primary N) is 1. The third-order valence-electron chi connectivity index (χ3n) is 3.07. The SMILES string of the molecule is CC(=O)OCC1CSC2C(=C1C(=O)O)C(=O)C2N. The summed E-state index contributed by atoms with van der Waals surface area (Å²) in [4.78, 5) is 33.6. The number of ketones is 1. The van der Waals surface area contributed by atoms with Crippen LogP contribution in [0.1, 0.15) is 6.92 Å². The fourth-order valence-corrected chi connectivity index (χ4v) is 3.62. The van der Waals surface area contributed by atoms with Crippen molar-refractivity contribution >= 4 is 29.5 Å². The number of carbonyl (C=O) groups is 3. The van der Waals surface area contributed by atoms with Gasteiger partial charge in [0.2, 0.25) is 0 Å². The summed E-state index contributed by atoms with van der Waals surface area (Å²) in [6.07, 6.45) is 0. The number of aliphatic carboxylic acids is 1. The third kappa shape index (κ3) is 2.04. The van der Waals surface area contributed by atoms with Crippen LogP contribution in [0.4, 0.5) is 0 Å². The Morgan fingerprint density at radius 1 is 1.56 bits per heavy atom. The molecule has 18 heavy (non-hydrogen) atoms. The molecule has 0 amide bonds. The van der Waals surface area contributed by atoms with Crippen molar-refractivity contribution in [3.63, 3.8) is 0 Å². The van der Waals surface area contributed by atoms with Gasteiger partial charge in [-0.3, -0.25) is 9.59 Å². The van der Waals surface area contributed by atoms with Gasteiger partial charge in [-0.25, -0.2) is 4.79 Å². The lowest BCUT2D eigenvalue weighted by Gasteiger charge is -2.41. The van der Waals surface area contributed by atoms with E-state index in [1.165, 1.54) is 18.7 Å². The molecule has 3 unspecified atom stereocenters. The number of ether oxygens (including phenoxy) is 1. The summed E-state index contributed by atoms with van der Waals surface area (Å²) in [6, 6.07) is -0.603. The van der Waals surface area contributed by atoms with Gasteiger partial charge >= 0.3 is 11.9 Å². The lowest BCUT2D eigenvalue weighted by molar-refractivity contribution is -0.143. The maximum Gasteiger partial charge on any atom is 0.332 e. The number of carboxylic acids is 1. The van der Waals surface area contributed by atoms with E-state index in [0.29, 0.717) is 11.3 Å². The minimum Gasteiger partial charge on any atom is -0.478 e. The second-order valence-corrected chi connectivity index (χ2v) is 5.45. The van der Waals surface area contributed by atoms with Crippen LogP contribution < -0.4 is 5.73 Å². The van der Waals surface area contributed by atoms with Crippen LogP contribution >= 0.6 is 11.8 Å². The number of fused-ring (bicyclic) bond motifs is 1. The summed E-state index contributed by atoms with van der Waals surface area (Å²) >= 11 is 1.45. The summed E-state index contributed by atoms with van der Waals surface area (Å²) in [5, 5.41) is 8.97. The molecule has 0 aromatic rings. The van der Waals surface area contributed by atoms with E-state index in [1.807, 2.05) is 0 Å². The number of hydrogen-bond acceptors (Lipinski definition) is 6. The first-order chi connectivity index (χ1) is 8.43. The van der Waals surface area contributed by atoms with Gasteiger partial charge in [-0.1, -0.05) is 0 Å². The Balaban J connectivity index is 2.26. The van der Waals surface area contributed by atoms with Crippen molar-refractivity contribution in [1.82, 2.24) is 0 Å². The van der Waals surface area contributed by atoms with E-state index in [1.54, 1.807) is 0 Å². The Morgan fingerprint density at radius 2 is 2.22 bits per heavy atom. The van der Waals surface area contributed by atoms with Crippen molar-refractivity contribution in [1.29, 1.82) is 0 Å². The van der Waals surface area contributed by atoms with Gasteiger partial charge in [-0.2, -0.15) is 11.8 Å². The Labute approximate surface area is 108 Å². The van der Waals surface area contributed by atoms with E-state index in [2.05, 4.69) is 0 Å². The van der Waals surface area contributed by atoms with E-state index in [0.717, 1.165) is 0 Å². The van der Waals surface area contributed by atoms with Crippen molar-refractivity contribution in [3.8, 4) is 0 Å². The molecule has 0 spiro atoms. The molecule has 1 heterocycles. The molecular formula is C11H13NO5S. The molecule has 1 aliphatic carbocycles. The molecule has 0 bridgehead atoms. The van der Waals surface area contributed by atoms with E-state index in [9.17, 15) is 19.5 Å². The molecule has 1 saturated carbocycles. The minimum absolute atomic E-state index is 0.0112. The van der Waals surface area contributed by atoms with Gasteiger partial charge in [0.15, 0.2) is 5.78 Å². The van der Waals surface area contributed by atoms with Crippen LogP contribution in [0.25, 0.3) is 0 Å². The fraction of sp³-hybridized carbons (Fsp3) is 0.545. The number of carbonyl (C=O) groups excluding carboxylic acids is 2. The number of thioether (sulfide) groups is 1. The molecule has 7 heteroatoms. The second kappa shape index (κ2) is 4.74. The average molecular weight is 271 g/mol. The molecule has 98 valence electrons. The standard InChI is InChI=1S/C11H13NO5S/c1-4(13)17-2-5-3-18-10-7(6(5)11(15)16)9(14)8(10)12/h5,8,10H,2-3,12H2,1H3,(H,15,16). The molecule has 2 aliphatic rings. The first-order valence-electron chi connectivity index (χ1n) is 5.45. The maximum absolute atomic E-state index is 11.6. The third-order valence-corrected chi connectivity index (χ3v) is 4.56. The predicted molar refractivity (Wildman–Crippen MR) is 64.0 cm³/mol. The lowest BCUT2D eigenvalue weighted by atomic mass is 9.77. The summed E-state index contributed by atoms with van der Waals surface area (Å²) < 4.78 is 4.84. The van der Waals surface area contributed by atoms with Crippen molar-refractivity contribution in [2.24, 2.45) is 11.7 Å². The quantitative estimate of drug-likeness (QED) is 0.671. The zero-order valence-corrected chi connectivity index (χ0v) is 10.5. The lowest BCUT2D eigenvalue weighted by Crippen LogP contribution is -2.57. The molecular weight excluding hydrogens is 258 g/mol. The number of Topliss-reactive ketones (excluding diaryl/α,β-unsaturated/α-hetero) is 1. The minimum atomic E-state index is -1.13. The van der Waals surface area contributed by atoms with Gasteiger partial charge < -0.3 is 15.6 Å². The normalized spacial score (nSPS) is 30.6. The topological polar surface area (TPSA) is 107 Å². The van der Waals surface area contributed by atoms with Crippen LogP contribution in [0.5, 0.6) is 0 Å². The zero-order valence-electron chi connectivity index (χ0n) is 9.71. The number of rotatable bonds is 3. The molecule has 3 atom stereocenters. The van der Waals surface area contributed by atoms with Crippen molar-refractivity contribution < 1.29 is 24.2 Å². The van der Waals surface area contributed by atoms with Gasteiger partial charge in [0, 0.05) is 24.2 Å². The monoisotopic (exact) mass is 271 g/mol. The fourth-order valence-electron chi connectivity index (χ4n) is 2.18. The Morgan fingerprint density at radius 3 is 2.78 bits per heavy atom. The van der Waals surface area contributed by atoms with Crippen LogP contribution in [0.15, 0.2) is 11.1 Å². The Kier molecular flexibility index (Phi) is 3.45. The number of esters is 1. The van der Waals surface area contributed by atoms with Gasteiger partial charge in [0.05, 0.1) is 23.5 Å². The van der Waals surface area contributed by atoms with E-state index in [-0.39, 0.29) is 23.2 Å². The van der Waals surface area contributed by atoms with Gasteiger partial charge in [0.1, 0.15) is 0 Å². The molecule has 0 aromatic heterocycles. The number of hydrogen-bond donors (Lipinski definition) is 2. The van der Waals surface area contributed by atoms with Crippen LogP contribution in [-0.4, -0.2) is 46.5 Å². The summed E-state index contributed by atoms with van der Waals surface area (Å²) in [7, 11) is 0. The van der Waals surface area contributed by atoms with Crippen LogP contribution in [0.2, 0.25) is 0 Å². The average Bonchev–Trinajstić information content (AvgIpc) is 2.33. The van der Waals surface area contributed by atoms with E-state index in [4.69, 9.17) is 10.5 Å². The van der Waals surface area contributed by atoms with Crippen molar-refractivity contribution in [2.45, 2.75) is 18.2 Å². The molecule has 1 aliphatic heterocycles. The van der Waals surface area contributed by atoms with Crippen molar-refractivity contribution in [3.05, 3.63) is 11.1 Å². The zero-order chi connectivity index (χ0) is 13.4. The first-order valence-corrected chi connectivity index (χ1v) is 6.50. The highest BCUT2D eigenvalue weighted by Gasteiger charge is 2.50. The largest absolute Gasteiger partial charge is 0.478 e. The van der Waals surface area contributed by atoms with Crippen LogP contribution in [0.3, 0.4) is 0 Å². The smallest absolute Gasteiger partial charge is 0.332 e. The highest BCUT2D eigenvalue weighted by Crippen LogP contribution is 2.43. The highest BCUT2D eigenvalue weighted by atomic mass is 32.2. The van der Waals surface area contributed by atoms with Crippen molar-refractivity contribution in [2.75, 3.05) is 12.4 Å². The molecule has 1 fully saturated rings. The summed E-state index contributed by atoms with van der Waals surface area (Å²) in [5.74, 6) is -1.86. The van der Waals surface area contributed by atoms with Gasteiger partial charge in [-0.15, -0.1) is 0 Å².